The van der Waals surface area contributed by atoms with Crippen LogP contribution in [-0.4, -0.2) is 40.7 Å². The van der Waals surface area contributed by atoms with Crippen LogP contribution in [0.2, 0.25) is 5.02 Å². The summed E-state index contributed by atoms with van der Waals surface area (Å²) in [5.74, 6) is -0.594. The minimum Gasteiger partial charge on any atom is -0.324 e. The van der Waals surface area contributed by atoms with E-state index >= 15 is 0 Å². The zero-order chi connectivity index (χ0) is 19.6. The monoisotopic (exact) mass is 402 g/mol. The number of fused-ring (bicyclic) bond motifs is 1. The third-order valence-corrected chi connectivity index (χ3v) is 5.36. The van der Waals surface area contributed by atoms with Crippen LogP contribution < -0.4 is 5.32 Å². The Balaban J connectivity index is 1.89. The average molecular weight is 403 g/mol. The fourth-order valence-corrected chi connectivity index (χ4v) is 3.77. The molecule has 0 spiro atoms. The van der Waals surface area contributed by atoms with Gasteiger partial charge in [0, 0.05) is 10.7 Å². The molecule has 7 heteroatoms. The van der Waals surface area contributed by atoms with Gasteiger partial charge < -0.3 is 5.32 Å². The normalized spacial score (nSPS) is 14.3. The van der Waals surface area contributed by atoms with Gasteiger partial charge in [0.1, 0.15) is 6.04 Å². The molecule has 5 nitrogen and oxygen atoms in total. The van der Waals surface area contributed by atoms with Crippen LogP contribution in [-0.2, 0) is 4.79 Å². The molecule has 0 saturated carbocycles. The number of anilines is 1. The molecular weight excluding hydrogens is 384 g/mol. The van der Waals surface area contributed by atoms with Gasteiger partial charge in [0.2, 0.25) is 5.91 Å². The fourth-order valence-electron chi connectivity index (χ4n) is 3.08. The number of nitrogens with one attached hydrogen (secondary N) is 1. The van der Waals surface area contributed by atoms with Crippen molar-refractivity contribution >= 4 is 46.8 Å². The van der Waals surface area contributed by atoms with Gasteiger partial charge in [-0.15, -0.1) is 0 Å². The van der Waals surface area contributed by atoms with Gasteiger partial charge in [0.05, 0.1) is 11.1 Å². The van der Waals surface area contributed by atoms with Crippen molar-refractivity contribution in [2.75, 3.05) is 17.3 Å². The topological polar surface area (TPSA) is 66.5 Å². The van der Waals surface area contributed by atoms with E-state index in [9.17, 15) is 14.4 Å². The van der Waals surface area contributed by atoms with Crippen LogP contribution in [0.15, 0.2) is 42.5 Å². The van der Waals surface area contributed by atoms with Gasteiger partial charge >= 0.3 is 0 Å². The molecule has 27 heavy (non-hydrogen) atoms. The Bertz CT molecular complexity index is 881. The maximum atomic E-state index is 13.0. The molecule has 1 heterocycles. The maximum absolute atomic E-state index is 13.0. The third kappa shape index (κ3) is 3.87. The molecule has 1 aliphatic rings. The smallest absolute Gasteiger partial charge is 0.262 e. The van der Waals surface area contributed by atoms with E-state index in [-0.39, 0.29) is 5.91 Å². The molecular formula is C20H19ClN2O3S. The zero-order valence-corrected chi connectivity index (χ0v) is 16.6. The summed E-state index contributed by atoms with van der Waals surface area (Å²) >= 11 is 7.52. The molecule has 0 unspecified atom stereocenters. The van der Waals surface area contributed by atoms with E-state index in [2.05, 4.69) is 5.32 Å². The van der Waals surface area contributed by atoms with E-state index < -0.39 is 17.9 Å². The molecule has 1 N–H and O–H groups in total. The first kappa shape index (κ1) is 19.5. The Labute approximate surface area is 167 Å². The highest BCUT2D eigenvalue weighted by Gasteiger charge is 2.42. The van der Waals surface area contributed by atoms with Crippen LogP contribution in [0.3, 0.4) is 0 Å². The number of rotatable bonds is 6. The molecule has 0 bridgehead atoms. The maximum Gasteiger partial charge on any atom is 0.262 e. The molecule has 140 valence electrons. The first-order valence-corrected chi connectivity index (χ1v) is 10.2. The SMILES string of the molecule is CSCC[C@H](C(=O)Nc1ccc(Cl)cc1C)N1C(=O)c2ccccc2C1=O. The lowest BCUT2D eigenvalue weighted by Crippen LogP contribution is -2.47. The largest absolute Gasteiger partial charge is 0.324 e. The molecule has 3 amide bonds. The molecule has 1 atom stereocenters. The van der Waals surface area contributed by atoms with Crippen molar-refractivity contribution in [1.82, 2.24) is 4.90 Å². The van der Waals surface area contributed by atoms with E-state index in [1.165, 1.54) is 0 Å². The number of amides is 3. The van der Waals surface area contributed by atoms with Crippen molar-refractivity contribution in [3.8, 4) is 0 Å². The summed E-state index contributed by atoms with van der Waals surface area (Å²) in [6.45, 7) is 1.83. The van der Waals surface area contributed by atoms with Crippen molar-refractivity contribution in [3.63, 3.8) is 0 Å². The van der Waals surface area contributed by atoms with Crippen LogP contribution in [0.4, 0.5) is 5.69 Å². The van der Waals surface area contributed by atoms with Gasteiger partial charge in [-0.2, -0.15) is 11.8 Å². The van der Waals surface area contributed by atoms with Gasteiger partial charge in [-0.1, -0.05) is 23.7 Å². The van der Waals surface area contributed by atoms with Crippen molar-refractivity contribution in [2.45, 2.75) is 19.4 Å². The highest BCUT2D eigenvalue weighted by Crippen LogP contribution is 2.27. The highest BCUT2D eigenvalue weighted by molar-refractivity contribution is 7.98. The summed E-state index contributed by atoms with van der Waals surface area (Å²) < 4.78 is 0. The average Bonchev–Trinajstić information content (AvgIpc) is 2.90. The van der Waals surface area contributed by atoms with E-state index in [1.54, 1.807) is 54.2 Å². The molecule has 3 rings (SSSR count). The number of benzene rings is 2. The minimum atomic E-state index is -0.875. The van der Waals surface area contributed by atoms with Gasteiger partial charge in [0.25, 0.3) is 11.8 Å². The van der Waals surface area contributed by atoms with Gasteiger partial charge in [-0.05, 0) is 61.2 Å². The van der Waals surface area contributed by atoms with Crippen LogP contribution in [0.25, 0.3) is 0 Å². The number of thioether (sulfide) groups is 1. The number of aryl methyl sites for hydroxylation is 1. The lowest BCUT2D eigenvalue weighted by Gasteiger charge is -2.25. The lowest BCUT2D eigenvalue weighted by atomic mass is 10.1. The predicted molar refractivity (Wildman–Crippen MR) is 109 cm³/mol. The second-order valence-corrected chi connectivity index (χ2v) is 7.69. The summed E-state index contributed by atoms with van der Waals surface area (Å²) in [6.07, 6.45) is 2.30. The first-order valence-electron chi connectivity index (χ1n) is 8.47. The van der Waals surface area contributed by atoms with Crippen molar-refractivity contribution in [2.24, 2.45) is 0 Å². The molecule has 0 fully saturated rings. The molecule has 2 aromatic carbocycles. The number of imide groups is 1. The third-order valence-electron chi connectivity index (χ3n) is 4.48. The summed E-state index contributed by atoms with van der Waals surface area (Å²) in [4.78, 5) is 39.6. The standard InChI is InChI=1S/C20H19ClN2O3S/c1-12-11-13(21)7-8-16(12)22-18(24)17(9-10-27-2)23-19(25)14-5-3-4-6-15(14)20(23)26/h3-8,11,17H,9-10H2,1-2H3,(H,22,24)/t17-/m1/s1. The van der Waals surface area contributed by atoms with Gasteiger partial charge in [-0.3, -0.25) is 19.3 Å². The quantitative estimate of drug-likeness (QED) is 0.741. The summed E-state index contributed by atoms with van der Waals surface area (Å²) in [7, 11) is 0. The van der Waals surface area contributed by atoms with Crippen molar-refractivity contribution in [1.29, 1.82) is 0 Å². The molecule has 1 aliphatic heterocycles. The van der Waals surface area contributed by atoms with E-state index in [0.717, 1.165) is 10.5 Å². The number of halogens is 1. The van der Waals surface area contributed by atoms with E-state index in [0.29, 0.717) is 34.0 Å². The van der Waals surface area contributed by atoms with Crippen LogP contribution in [0, 0.1) is 6.92 Å². The van der Waals surface area contributed by atoms with Crippen molar-refractivity contribution < 1.29 is 14.4 Å². The first-order chi connectivity index (χ1) is 12.9. The number of nitrogens with zero attached hydrogens (tertiary/aromatic N) is 1. The number of carbonyl (C=O) groups excluding carboxylic acids is 3. The summed E-state index contributed by atoms with van der Waals surface area (Å²) in [6, 6.07) is 10.9. The Hall–Kier alpha value is -2.31. The minimum absolute atomic E-state index is 0.340. The number of carbonyl (C=O) groups is 3. The van der Waals surface area contributed by atoms with Crippen LogP contribution in [0.1, 0.15) is 32.7 Å². The van der Waals surface area contributed by atoms with E-state index in [1.807, 2.05) is 13.2 Å². The second-order valence-electron chi connectivity index (χ2n) is 6.27. The number of hydrogen-bond donors (Lipinski definition) is 1. The Morgan fingerprint density at radius 1 is 1.15 bits per heavy atom. The molecule has 0 aliphatic carbocycles. The van der Waals surface area contributed by atoms with Gasteiger partial charge in [-0.25, -0.2) is 0 Å². The fraction of sp³-hybridized carbons (Fsp3) is 0.250. The Kier molecular flexibility index (Phi) is 5.87. The second kappa shape index (κ2) is 8.15. The molecule has 2 aromatic rings. The summed E-state index contributed by atoms with van der Waals surface area (Å²) in [5, 5.41) is 3.41. The molecule has 0 saturated heterocycles. The van der Waals surface area contributed by atoms with E-state index in [4.69, 9.17) is 11.6 Å². The molecule has 0 radical (unpaired) electrons. The predicted octanol–water partition coefficient (Wildman–Crippen LogP) is 4.00. The van der Waals surface area contributed by atoms with Crippen LogP contribution in [0.5, 0.6) is 0 Å². The zero-order valence-electron chi connectivity index (χ0n) is 15.0. The van der Waals surface area contributed by atoms with Gasteiger partial charge in [0.15, 0.2) is 0 Å². The lowest BCUT2D eigenvalue weighted by molar-refractivity contribution is -0.120. The summed E-state index contributed by atoms with van der Waals surface area (Å²) in [5.41, 5.74) is 2.09. The Morgan fingerprint density at radius 2 is 1.78 bits per heavy atom. The molecule has 0 aromatic heterocycles. The van der Waals surface area contributed by atoms with Crippen LogP contribution >= 0.6 is 23.4 Å². The number of hydrogen-bond acceptors (Lipinski definition) is 4. The Morgan fingerprint density at radius 3 is 2.33 bits per heavy atom. The van der Waals surface area contributed by atoms with Crippen molar-refractivity contribution in [3.05, 3.63) is 64.2 Å². The highest BCUT2D eigenvalue weighted by atomic mass is 35.5.